The van der Waals surface area contributed by atoms with Gasteiger partial charge in [-0.3, -0.25) is 9.10 Å². The average Bonchev–Trinajstić information content (AvgIpc) is 2.81. The third kappa shape index (κ3) is 6.09. The number of carbonyl (C=O) groups excluding carboxylic acids is 1. The normalized spacial score (nSPS) is 11.7. The van der Waals surface area contributed by atoms with Crippen LogP contribution in [0.4, 0.5) is 10.1 Å². The summed E-state index contributed by atoms with van der Waals surface area (Å²) in [6, 6.07) is 17.6. The highest BCUT2D eigenvalue weighted by Gasteiger charge is 2.27. The molecule has 0 saturated heterocycles. The highest BCUT2D eigenvalue weighted by atomic mass is 35.5. The van der Waals surface area contributed by atoms with E-state index in [2.05, 4.69) is 10.5 Å². The molecule has 0 aromatic heterocycles. The molecule has 0 unspecified atom stereocenters. The molecule has 10 heteroatoms. The van der Waals surface area contributed by atoms with Gasteiger partial charge in [-0.2, -0.15) is 5.10 Å². The number of nitrogens with one attached hydrogen (secondary N) is 1. The number of hydrazone groups is 1. The van der Waals surface area contributed by atoms with Crippen LogP contribution in [0.1, 0.15) is 12.5 Å². The molecule has 3 aromatic carbocycles. The van der Waals surface area contributed by atoms with Gasteiger partial charge in [0.05, 0.1) is 23.4 Å². The number of hydrogen-bond donors (Lipinski definition) is 1. The third-order valence-electron chi connectivity index (χ3n) is 4.64. The minimum atomic E-state index is -4.12. The van der Waals surface area contributed by atoms with Gasteiger partial charge in [-0.05, 0) is 67.1 Å². The number of methoxy groups -OCH3 is 1. The summed E-state index contributed by atoms with van der Waals surface area (Å²) in [6.07, 6.45) is 0. The number of rotatable bonds is 8. The predicted molar refractivity (Wildman–Crippen MR) is 126 cm³/mol. The van der Waals surface area contributed by atoms with E-state index in [1.54, 1.807) is 19.1 Å². The van der Waals surface area contributed by atoms with Crippen LogP contribution >= 0.6 is 11.6 Å². The Hall–Kier alpha value is -3.43. The van der Waals surface area contributed by atoms with Gasteiger partial charge in [0.1, 0.15) is 18.1 Å². The zero-order valence-corrected chi connectivity index (χ0v) is 19.4. The van der Waals surface area contributed by atoms with Crippen molar-refractivity contribution in [1.29, 1.82) is 0 Å². The molecular weight excluding hydrogens is 469 g/mol. The molecule has 7 nitrogen and oxygen atoms in total. The molecule has 0 bridgehead atoms. The first-order chi connectivity index (χ1) is 15.7. The second kappa shape index (κ2) is 10.5. The summed E-state index contributed by atoms with van der Waals surface area (Å²) in [5.41, 5.74) is 3.60. The summed E-state index contributed by atoms with van der Waals surface area (Å²) in [6.45, 7) is 1.09. The minimum Gasteiger partial charge on any atom is -0.497 e. The van der Waals surface area contributed by atoms with Crippen molar-refractivity contribution < 1.29 is 22.3 Å². The zero-order valence-electron chi connectivity index (χ0n) is 17.8. The number of nitrogens with zero attached hydrogens (tertiary/aromatic N) is 2. The van der Waals surface area contributed by atoms with Crippen LogP contribution in [-0.4, -0.2) is 33.7 Å². The van der Waals surface area contributed by atoms with Crippen molar-refractivity contribution in [2.45, 2.75) is 11.8 Å². The summed E-state index contributed by atoms with van der Waals surface area (Å²) in [5, 5.41) is 4.31. The van der Waals surface area contributed by atoms with Crippen molar-refractivity contribution in [3.05, 3.63) is 89.2 Å². The smallest absolute Gasteiger partial charge is 0.264 e. The van der Waals surface area contributed by atoms with Gasteiger partial charge in [0.25, 0.3) is 15.9 Å². The van der Waals surface area contributed by atoms with Crippen molar-refractivity contribution in [2.24, 2.45) is 5.10 Å². The molecule has 172 valence electrons. The number of hydrogen-bond acceptors (Lipinski definition) is 5. The quantitative estimate of drug-likeness (QED) is 0.379. The van der Waals surface area contributed by atoms with E-state index in [-0.39, 0.29) is 10.6 Å². The summed E-state index contributed by atoms with van der Waals surface area (Å²) in [7, 11) is -2.65. The molecule has 0 aliphatic carbocycles. The number of sulfonamides is 1. The molecule has 1 N–H and O–H groups in total. The maximum Gasteiger partial charge on any atom is 0.264 e. The molecule has 0 fully saturated rings. The highest BCUT2D eigenvalue weighted by Crippen LogP contribution is 2.27. The van der Waals surface area contributed by atoms with Crippen LogP contribution in [0.3, 0.4) is 0 Å². The number of ether oxygens (including phenoxy) is 1. The lowest BCUT2D eigenvalue weighted by atomic mass is 10.1. The Morgan fingerprint density at radius 3 is 2.36 bits per heavy atom. The second-order valence-electron chi connectivity index (χ2n) is 6.91. The van der Waals surface area contributed by atoms with Crippen molar-refractivity contribution in [3.63, 3.8) is 0 Å². The molecule has 1 amide bonds. The lowest BCUT2D eigenvalue weighted by molar-refractivity contribution is -0.119. The summed E-state index contributed by atoms with van der Waals surface area (Å²) in [4.78, 5) is 12.6. The fourth-order valence-corrected chi connectivity index (χ4v) is 4.49. The van der Waals surface area contributed by atoms with Gasteiger partial charge in [0, 0.05) is 5.02 Å². The van der Waals surface area contributed by atoms with E-state index in [1.165, 1.54) is 67.8 Å². The van der Waals surface area contributed by atoms with Gasteiger partial charge in [-0.25, -0.2) is 18.2 Å². The lowest BCUT2D eigenvalue weighted by Crippen LogP contribution is -2.39. The maximum absolute atomic E-state index is 13.4. The standard InChI is InChI=1S/C23H21ClFN3O4S/c1-16(17-6-8-19(25)9-7-17)26-27-23(29)15-28(20-5-3-4-18(24)14-20)33(30,31)22-12-10-21(32-2)11-13-22/h3-14H,15H2,1-2H3,(H,27,29)/b26-16-. The number of benzene rings is 3. The highest BCUT2D eigenvalue weighted by molar-refractivity contribution is 7.92. The van der Waals surface area contributed by atoms with Gasteiger partial charge in [-0.1, -0.05) is 29.8 Å². The van der Waals surface area contributed by atoms with Crippen LogP contribution in [0.5, 0.6) is 5.75 Å². The Morgan fingerprint density at radius 2 is 1.76 bits per heavy atom. The first-order valence-electron chi connectivity index (χ1n) is 9.72. The molecule has 0 aliphatic rings. The molecule has 0 spiro atoms. The van der Waals surface area contributed by atoms with Crippen LogP contribution in [0, 0.1) is 5.82 Å². The van der Waals surface area contributed by atoms with E-state index in [4.69, 9.17) is 16.3 Å². The van der Waals surface area contributed by atoms with Crippen molar-refractivity contribution in [1.82, 2.24) is 5.43 Å². The SMILES string of the molecule is COc1ccc(S(=O)(=O)N(CC(=O)N/N=C(/C)c2ccc(F)cc2)c2cccc(Cl)c2)cc1. The summed E-state index contributed by atoms with van der Waals surface area (Å²) < 4.78 is 45.8. The molecule has 0 heterocycles. The van der Waals surface area contributed by atoms with Crippen LogP contribution in [-0.2, 0) is 14.8 Å². The van der Waals surface area contributed by atoms with Gasteiger partial charge in [-0.15, -0.1) is 0 Å². The molecule has 0 radical (unpaired) electrons. The van der Waals surface area contributed by atoms with Crippen LogP contribution in [0.15, 0.2) is 82.8 Å². The fraction of sp³-hybridized carbons (Fsp3) is 0.130. The van der Waals surface area contributed by atoms with Crippen molar-refractivity contribution in [3.8, 4) is 5.75 Å². The van der Waals surface area contributed by atoms with E-state index in [0.717, 1.165) is 4.31 Å². The van der Waals surface area contributed by atoms with Gasteiger partial charge >= 0.3 is 0 Å². The van der Waals surface area contributed by atoms with E-state index in [0.29, 0.717) is 22.0 Å². The predicted octanol–water partition coefficient (Wildman–Crippen LogP) is 4.22. The lowest BCUT2D eigenvalue weighted by Gasteiger charge is -2.24. The second-order valence-corrected chi connectivity index (χ2v) is 9.20. The Bertz CT molecular complexity index is 1260. The average molecular weight is 490 g/mol. The minimum absolute atomic E-state index is 0.0259. The summed E-state index contributed by atoms with van der Waals surface area (Å²) >= 11 is 6.06. The number of anilines is 1. The van der Waals surface area contributed by atoms with Gasteiger partial charge < -0.3 is 4.74 Å². The molecule has 3 rings (SSSR count). The molecule has 3 aromatic rings. The van der Waals surface area contributed by atoms with Crippen molar-refractivity contribution in [2.75, 3.05) is 18.0 Å². The molecule has 0 atom stereocenters. The molecule has 33 heavy (non-hydrogen) atoms. The number of halogens is 2. The fourth-order valence-electron chi connectivity index (χ4n) is 2.89. The third-order valence-corrected chi connectivity index (χ3v) is 6.66. The maximum atomic E-state index is 13.4. The largest absolute Gasteiger partial charge is 0.497 e. The summed E-state index contributed by atoms with van der Waals surface area (Å²) in [5.74, 6) is -0.573. The molecular formula is C23H21ClFN3O4S. The number of amides is 1. The number of carbonyl (C=O) groups is 1. The van der Waals surface area contributed by atoms with Crippen LogP contribution < -0.4 is 14.5 Å². The van der Waals surface area contributed by atoms with E-state index in [9.17, 15) is 17.6 Å². The zero-order chi connectivity index (χ0) is 24.0. The van der Waals surface area contributed by atoms with Crippen molar-refractivity contribution >= 4 is 38.9 Å². The topological polar surface area (TPSA) is 88.1 Å². The first-order valence-corrected chi connectivity index (χ1v) is 11.5. The van der Waals surface area contributed by atoms with Gasteiger partial charge in [0.2, 0.25) is 0 Å². The van der Waals surface area contributed by atoms with Crippen LogP contribution in [0.2, 0.25) is 5.02 Å². The van der Waals surface area contributed by atoms with E-state index in [1.807, 2.05) is 0 Å². The Labute approximate surface area is 196 Å². The molecule has 0 aliphatic heterocycles. The van der Waals surface area contributed by atoms with E-state index >= 15 is 0 Å². The Balaban J connectivity index is 1.87. The van der Waals surface area contributed by atoms with E-state index < -0.39 is 28.3 Å². The Kier molecular flexibility index (Phi) is 7.67. The monoisotopic (exact) mass is 489 g/mol. The molecule has 0 saturated carbocycles. The van der Waals surface area contributed by atoms with Crippen LogP contribution in [0.25, 0.3) is 0 Å². The first kappa shape index (κ1) is 24.2. The van der Waals surface area contributed by atoms with Gasteiger partial charge in [0.15, 0.2) is 0 Å². The Morgan fingerprint density at radius 1 is 1.09 bits per heavy atom.